The molecule has 0 aliphatic heterocycles. The van der Waals surface area contributed by atoms with Gasteiger partial charge in [0, 0.05) is 12.4 Å². The summed E-state index contributed by atoms with van der Waals surface area (Å²) in [4.78, 5) is 25.7. The lowest BCUT2D eigenvalue weighted by Gasteiger charge is -1.91. The summed E-state index contributed by atoms with van der Waals surface area (Å²) in [5.74, 6) is 0. The van der Waals surface area contributed by atoms with Crippen molar-refractivity contribution in [3.05, 3.63) is 42.7 Å². The standard InChI is InChI=1S/C9H7N.H3O3P/c1-2-4-9-7-10-6-5-8(9)3-1;1-4(2)3/h1-7H;1-3H. The van der Waals surface area contributed by atoms with Crippen LogP contribution >= 0.6 is 8.60 Å². The molecule has 2 aromatic rings. The molecule has 4 nitrogen and oxygen atoms in total. The molecule has 3 N–H and O–H groups in total. The monoisotopic (exact) mass is 211 g/mol. The normalized spacial score (nSPS) is 9.71. The Bertz CT molecular complexity index is 326. The molecule has 0 aliphatic rings. The summed E-state index contributed by atoms with van der Waals surface area (Å²) in [5, 5.41) is 2.45. The van der Waals surface area contributed by atoms with E-state index in [2.05, 4.69) is 17.1 Å². The Labute approximate surface area is 82.5 Å². The first kappa shape index (κ1) is 11.0. The Morgan fingerprint density at radius 1 is 0.929 bits per heavy atom. The molecule has 1 aromatic carbocycles. The first-order valence-corrected chi connectivity index (χ1v) is 5.05. The van der Waals surface area contributed by atoms with Crippen molar-refractivity contribution < 1.29 is 14.7 Å². The van der Waals surface area contributed by atoms with Crippen molar-refractivity contribution in [3.8, 4) is 0 Å². The maximum absolute atomic E-state index is 7.23. The Balaban J connectivity index is 0.000000213. The third-order valence-electron chi connectivity index (χ3n) is 1.55. The fraction of sp³-hybridized carbons (Fsp3) is 0. The topological polar surface area (TPSA) is 73.6 Å². The molecule has 14 heavy (non-hydrogen) atoms. The molecule has 0 atom stereocenters. The van der Waals surface area contributed by atoms with Crippen molar-refractivity contribution >= 4 is 19.4 Å². The predicted octanol–water partition coefficient (Wildman–Crippen LogP) is 1.42. The second kappa shape index (κ2) is 5.62. The predicted molar refractivity (Wildman–Crippen MR) is 55.3 cm³/mol. The molecule has 0 amide bonds. The van der Waals surface area contributed by atoms with E-state index in [0.717, 1.165) is 0 Å². The van der Waals surface area contributed by atoms with Gasteiger partial charge in [-0.15, -0.1) is 0 Å². The molecule has 1 aromatic heterocycles. The molecule has 0 radical (unpaired) electrons. The zero-order chi connectivity index (χ0) is 10.4. The fourth-order valence-electron chi connectivity index (χ4n) is 1.03. The summed E-state index contributed by atoms with van der Waals surface area (Å²) < 4.78 is 0. The zero-order valence-electron chi connectivity index (χ0n) is 7.28. The second-order valence-corrected chi connectivity index (χ2v) is 3.03. The van der Waals surface area contributed by atoms with Crippen LogP contribution in [-0.2, 0) is 0 Å². The van der Waals surface area contributed by atoms with Crippen LogP contribution < -0.4 is 0 Å². The molecular formula is C9H10NO3P. The van der Waals surface area contributed by atoms with Gasteiger partial charge in [-0.3, -0.25) is 4.98 Å². The van der Waals surface area contributed by atoms with Gasteiger partial charge in [0.25, 0.3) is 0 Å². The van der Waals surface area contributed by atoms with Gasteiger partial charge < -0.3 is 14.7 Å². The number of aromatic nitrogens is 1. The molecule has 0 saturated heterocycles. The summed E-state index contributed by atoms with van der Waals surface area (Å²) in [5.41, 5.74) is 0. The molecule has 2 rings (SSSR count). The minimum Gasteiger partial charge on any atom is -0.328 e. The Morgan fingerprint density at radius 2 is 1.50 bits per heavy atom. The van der Waals surface area contributed by atoms with Gasteiger partial charge in [-0.05, 0) is 16.8 Å². The van der Waals surface area contributed by atoms with Gasteiger partial charge in [0.15, 0.2) is 0 Å². The molecule has 0 spiro atoms. The van der Waals surface area contributed by atoms with Crippen LogP contribution in [0.4, 0.5) is 0 Å². The van der Waals surface area contributed by atoms with Crippen LogP contribution in [0.15, 0.2) is 42.7 Å². The van der Waals surface area contributed by atoms with Crippen LogP contribution in [0.5, 0.6) is 0 Å². The van der Waals surface area contributed by atoms with E-state index in [0.29, 0.717) is 0 Å². The van der Waals surface area contributed by atoms with Gasteiger partial charge >= 0.3 is 8.60 Å². The first-order chi connectivity index (χ1) is 6.70. The third-order valence-corrected chi connectivity index (χ3v) is 1.55. The molecule has 74 valence electrons. The zero-order valence-corrected chi connectivity index (χ0v) is 8.17. The quantitative estimate of drug-likeness (QED) is 0.576. The van der Waals surface area contributed by atoms with Crippen LogP contribution in [0.1, 0.15) is 0 Å². The molecule has 0 saturated carbocycles. The molecule has 0 fully saturated rings. The number of fused-ring (bicyclic) bond motifs is 1. The van der Waals surface area contributed by atoms with Crippen molar-refractivity contribution in [3.63, 3.8) is 0 Å². The molecular weight excluding hydrogens is 201 g/mol. The number of benzene rings is 1. The highest BCUT2D eigenvalue weighted by atomic mass is 31.2. The van der Waals surface area contributed by atoms with E-state index in [1.165, 1.54) is 10.8 Å². The van der Waals surface area contributed by atoms with E-state index in [1.807, 2.05) is 30.6 Å². The summed E-state index contributed by atoms with van der Waals surface area (Å²) in [6, 6.07) is 10.2. The van der Waals surface area contributed by atoms with E-state index in [9.17, 15) is 0 Å². The van der Waals surface area contributed by atoms with Gasteiger partial charge in [0.2, 0.25) is 0 Å². The fourth-order valence-corrected chi connectivity index (χ4v) is 1.03. The number of pyridine rings is 1. The average molecular weight is 211 g/mol. The highest BCUT2D eigenvalue weighted by Crippen LogP contribution is 2.11. The summed E-state index contributed by atoms with van der Waals surface area (Å²) >= 11 is 0. The van der Waals surface area contributed by atoms with Gasteiger partial charge in [-0.2, -0.15) is 0 Å². The third kappa shape index (κ3) is 3.77. The minimum absolute atomic E-state index is 1.20. The Kier molecular flexibility index (Phi) is 4.43. The summed E-state index contributed by atoms with van der Waals surface area (Å²) in [6.45, 7) is 0. The number of hydrogen-bond donors (Lipinski definition) is 3. The van der Waals surface area contributed by atoms with Crippen LogP contribution in [0, 0.1) is 0 Å². The maximum Gasteiger partial charge on any atom is 0.324 e. The van der Waals surface area contributed by atoms with E-state index >= 15 is 0 Å². The SMILES string of the molecule is OP(O)O.c1ccc2cnccc2c1. The van der Waals surface area contributed by atoms with Crippen LogP contribution in [0.2, 0.25) is 0 Å². The molecule has 0 unspecified atom stereocenters. The Morgan fingerprint density at radius 3 is 2.07 bits per heavy atom. The van der Waals surface area contributed by atoms with Crippen molar-refractivity contribution in [1.29, 1.82) is 0 Å². The van der Waals surface area contributed by atoms with Crippen molar-refractivity contribution in [2.24, 2.45) is 0 Å². The van der Waals surface area contributed by atoms with Gasteiger partial charge in [0.1, 0.15) is 0 Å². The molecule has 0 bridgehead atoms. The maximum atomic E-state index is 7.23. The van der Waals surface area contributed by atoms with E-state index in [4.69, 9.17) is 14.7 Å². The number of nitrogens with zero attached hydrogens (tertiary/aromatic N) is 1. The van der Waals surface area contributed by atoms with Gasteiger partial charge in [-0.1, -0.05) is 24.3 Å². The summed E-state index contributed by atoms with van der Waals surface area (Å²) in [7, 11) is -2.62. The summed E-state index contributed by atoms with van der Waals surface area (Å²) in [6.07, 6.45) is 3.68. The largest absolute Gasteiger partial charge is 0.328 e. The highest BCUT2D eigenvalue weighted by molar-refractivity contribution is 7.38. The van der Waals surface area contributed by atoms with Gasteiger partial charge in [-0.25, -0.2) is 0 Å². The van der Waals surface area contributed by atoms with Crippen LogP contribution in [0.3, 0.4) is 0 Å². The first-order valence-electron chi connectivity index (χ1n) is 3.85. The van der Waals surface area contributed by atoms with E-state index in [-0.39, 0.29) is 0 Å². The lowest BCUT2D eigenvalue weighted by Crippen LogP contribution is -1.71. The molecule has 0 aliphatic carbocycles. The number of rotatable bonds is 0. The molecule has 1 heterocycles. The van der Waals surface area contributed by atoms with Crippen molar-refractivity contribution in [2.75, 3.05) is 0 Å². The smallest absolute Gasteiger partial charge is 0.324 e. The van der Waals surface area contributed by atoms with E-state index < -0.39 is 8.60 Å². The number of hydrogen-bond acceptors (Lipinski definition) is 4. The average Bonchev–Trinajstić information content (AvgIpc) is 2.17. The van der Waals surface area contributed by atoms with E-state index in [1.54, 1.807) is 0 Å². The minimum atomic E-state index is -2.62. The van der Waals surface area contributed by atoms with Crippen LogP contribution in [-0.4, -0.2) is 19.7 Å². The lowest BCUT2D eigenvalue weighted by molar-refractivity contribution is 0.368. The highest BCUT2D eigenvalue weighted by Gasteiger charge is 1.86. The van der Waals surface area contributed by atoms with Crippen LogP contribution in [0.25, 0.3) is 10.8 Å². The van der Waals surface area contributed by atoms with Crippen molar-refractivity contribution in [1.82, 2.24) is 4.98 Å². The van der Waals surface area contributed by atoms with Crippen molar-refractivity contribution in [2.45, 2.75) is 0 Å². The second-order valence-electron chi connectivity index (χ2n) is 2.49. The molecule has 5 heteroatoms. The Hall–Kier alpha value is -1.06. The lowest BCUT2D eigenvalue weighted by atomic mass is 10.2. The van der Waals surface area contributed by atoms with Gasteiger partial charge in [0.05, 0.1) is 0 Å².